The average Bonchev–Trinajstić information content (AvgIpc) is 3.24. The lowest BCUT2D eigenvalue weighted by atomic mass is 10.1. The first-order valence-electron chi connectivity index (χ1n) is 7.68. The molecule has 2 aromatic rings. The van der Waals surface area contributed by atoms with Gasteiger partial charge >= 0.3 is 0 Å². The lowest BCUT2D eigenvalue weighted by Crippen LogP contribution is -2.26. The van der Waals surface area contributed by atoms with Gasteiger partial charge < -0.3 is 4.90 Å². The van der Waals surface area contributed by atoms with E-state index in [0.29, 0.717) is 24.2 Å². The second-order valence-corrected chi connectivity index (χ2v) is 5.78. The molecule has 0 radical (unpaired) electrons. The first-order valence-corrected chi connectivity index (χ1v) is 7.68. The molecule has 0 spiro atoms. The predicted octanol–water partition coefficient (Wildman–Crippen LogP) is 1.68. The highest BCUT2D eigenvalue weighted by molar-refractivity contribution is 5.83. The number of carbonyl (C=O) groups is 1. The number of likely N-dealkylation sites (tertiary alicyclic amines) is 1. The van der Waals surface area contributed by atoms with Crippen molar-refractivity contribution in [2.24, 2.45) is 5.92 Å². The number of amides is 1. The van der Waals surface area contributed by atoms with Crippen LogP contribution in [0, 0.1) is 28.7 Å². The maximum absolute atomic E-state index is 12.1. The van der Waals surface area contributed by atoms with Gasteiger partial charge in [-0.25, -0.2) is 5.43 Å². The molecule has 1 saturated heterocycles. The molecule has 120 valence electrons. The molecular formula is C17H16N6O. The normalized spacial score (nSPS) is 16.4. The van der Waals surface area contributed by atoms with E-state index in [9.17, 15) is 4.79 Å². The van der Waals surface area contributed by atoms with Crippen molar-refractivity contribution in [1.29, 1.82) is 10.5 Å². The van der Waals surface area contributed by atoms with Crippen LogP contribution < -0.4 is 5.43 Å². The maximum Gasteiger partial charge on any atom is 0.240 e. The molecule has 1 unspecified atom stereocenters. The monoisotopic (exact) mass is 320 g/mol. The fraction of sp³-hybridized carbons (Fsp3) is 0.294. The number of nitriles is 2. The standard InChI is InChI=1S/C17H16N6O/c18-10-13-2-1-3-15(8-13)16-5-7-23(20-16)21-17(24)9-14-4-6-22(11-14)12-19/h1-3,5,7-8,14H,4,6,9,11H2,(H,21,24). The Morgan fingerprint density at radius 1 is 1.38 bits per heavy atom. The molecule has 0 aliphatic carbocycles. The smallest absolute Gasteiger partial charge is 0.240 e. The number of aromatic nitrogens is 2. The third-order valence-corrected chi connectivity index (χ3v) is 4.02. The average molecular weight is 320 g/mol. The topological polar surface area (TPSA) is 97.7 Å². The molecule has 1 aliphatic rings. The number of nitrogens with one attached hydrogen (secondary N) is 1. The van der Waals surface area contributed by atoms with Crippen LogP contribution in [0.25, 0.3) is 11.3 Å². The summed E-state index contributed by atoms with van der Waals surface area (Å²) >= 11 is 0. The number of benzene rings is 1. The van der Waals surface area contributed by atoms with Gasteiger partial charge in [0.05, 0.1) is 17.3 Å². The Kier molecular flexibility index (Phi) is 4.44. The number of hydrogen-bond acceptors (Lipinski definition) is 5. The minimum Gasteiger partial charge on any atom is -0.310 e. The van der Waals surface area contributed by atoms with Crippen molar-refractivity contribution in [2.45, 2.75) is 12.8 Å². The molecule has 0 saturated carbocycles. The summed E-state index contributed by atoms with van der Waals surface area (Å²) in [6, 6.07) is 11.0. The van der Waals surface area contributed by atoms with Crippen LogP contribution in [0.4, 0.5) is 0 Å². The number of nitrogens with zero attached hydrogens (tertiary/aromatic N) is 5. The van der Waals surface area contributed by atoms with Crippen LogP contribution in [0.3, 0.4) is 0 Å². The van der Waals surface area contributed by atoms with Gasteiger partial charge in [-0.1, -0.05) is 12.1 Å². The summed E-state index contributed by atoms with van der Waals surface area (Å²) in [5.41, 5.74) is 4.79. The van der Waals surface area contributed by atoms with Crippen LogP contribution in [-0.2, 0) is 4.79 Å². The van der Waals surface area contributed by atoms with E-state index in [0.717, 1.165) is 18.5 Å². The summed E-state index contributed by atoms with van der Waals surface area (Å²) in [5.74, 6) is 0.0761. The van der Waals surface area contributed by atoms with Gasteiger partial charge in [0.25, 0.3) is 0 Å². The van der Waals surface area contributed by atoms with Crippen LogP contribution in [0.1, 0.15) is 18.4 Å². The molecule has 1 fully saturated rings. The molecule has 1 atom stereocenters. The van der Waals surface area contributed by atoms with E-state index in [1.54, 1.807) is 35.4 Å². The molecule has 1 amide bonds. The molecule has 1 aromatic heterocycles. The molecular weight excluding hydrogens is 304 g/mol. The molecule has 7 heteroatoms. The largest absolute Gasteiger partial charge is 0.310 e. The third kappa shape index (κ3) is 3.53. The zero-order valence-corrected chi connectivity index (χ0v) is 13.0. The summed E-state index contributed by atoms with van der Waals surface area (Å²) in [7, 11) is 0. The van der Waals surface area contributed by atoms with E-state index in [1.807, 2.05) is 6.07 Å². The van der Waals surface area contributed by atoms with Crippen LogP contribution in [0.15, 0.2) is 36.5 Å². The van der Waals surface area contributed by atoms with E-state index in [-0.39, 0.29) is 11.8 Å². The fourth-order valence-corrected chi connectivity index (χ4v) is 2.81. The minimum absolute atomic E-state index is 0.125. The zero-order valence-electron chi connectivity index (χ0n) is 13.0. The zero-order chi connectivity index (χ0) is 16.9. The lowest BCUT2D eigenvalue weighted by molar-refractivity contribution is -0.118. The minimum atomic E-state index is -0.125. The van der Waals surface area contributed by atoms with Crippen molar-refractivity contribution in [3.05, 3.63) is 42.1 Å². The number of carbonyl (C=O) groups excluding carboxylic acids is 1. The van der Waals surface area contributed by atoms with E-state index in [1.165, 1.54) is 4.79 Å². The molecule has 3 rings (SSSR count). The summed E-state index contributed by atoms with van der Waals surface area (Å²) in [6.07, 6.45) is 5.00. The summed E-state index contributed by atoms with van der Waals surface area (Å²) in [5, 5.41) is 22.1. The molecule has 1 aromatic carbocycles. The fourth-order valence-electron chi connectivity index (χ4n) is 2.81. The summed E-state index contributed by atoms with van der Waals surface area (Å²) < 4.78 is 0. The van der Waals surface area contributed by atoms with E-state index < -0.39 is 0 Å². The molecule has 1 aliphatic heterocycles. The van der Waals surface area contributed by atoms with E-state index in [2.05, 4.69) is 22.8 Å². The molecule has 0 bridgehead atoms. The highest BCUT2D eigenvalue weighted by atomic mass is 16.2. The number of rotatable bonds is 4. The highest BCUT2D eigenvalue weighted by Crippen LogP contribution is 2.19. The van der Waals surface area contributed by atoms with Crippen LogP contribution in [-0.4, -0.2) is 33.8 Å². The van der Waals surface area contributed by atoms with Crippen LogP contribution >= 0.6 is 0 Å². The van der Waals surface area contributed by atoms with Crippen molar-refractivity contribution in [1.82, 2.24) is 14.8 Å². The highest BCUT2D eigenvalue weighted by Gasteiger charge is 2.23. The van der Waals surface area contributed by atoms with Gasteiger partial charge in [0, 0.05) is 31.3 Å². The van der Waals surface area contributed by atoms with Crippen LogP contribution in [0.5, 0.6) is 0 Å². The second-order valence-electron chi connectivity index (χ2n) is 5.78. The Balaban J connectivity index is 1.61. The SMILES string of the molecule is N#Cc1cccc(-c2ccn(NC(=O)CC3CCN(C#N)C3)n2)c1. The van der Waals surface area contributed by atoms with Gasteiger partial charge in [0.2, 0.25) is 5.91 Å². The summed E-state index contributed by atoms with van der Waals surface area (Å²) in [4.78, 5) is 15.1. The van der Waals surface area contributed by atoms with E-state index in [4.69, 9.17) is 10.5 Å². The van der Waals surface area contributed by atoms with Gasteiger partial charge in [0.1, 0.15) is 0 Å². The third-order valence-electron chi connectivity index (χ3n) is 4.02. The van der Waals surface area contributed by atoms with Gasteiger partial charge in [-0.2, -0.15) is 20.4 Å². The Morgan fingerprint density at radius 2 is 2.25 bits per heavy atom. The quantitative estimate of drug-likeness (QED) is 0.864. The van der Waals surface area contributed by atoms with E-state index >= 15 is 0 Å². The first-order chi connectivity index (χ1) is 11.7. The molecule has 1 N–H and O–H groups in total. The molecule has 2 heterocycles. The van der Waals surface area contributed by atoms with Gasteiger partial charge in [-0.05, 0) is 30.5 Å². The Morgan fingerprint density at radius 3 is 3.00 bits per heavy atom. The number of hydrogen-bond donors (Lipinski definition) is 1. The second kappa shape index (κ2) is 6.84. The van der Waals surface area contributed by atoms with Crippen molar-refractivity contribution >= 4 is 5.91 Å². The lowest BCUT2D eigenvalue weighted by Gasteiger charge is -2.10. The van der Waals surface area contributed by atoms with Crippen molar-refractivity contribution in [2.75, 3.05) is 18.5 Å². The van der Waals surface area contributed by atoms with Gasteiger partial charge in [-0.15, -0.1) is 0 Å². The Bertz CT molecular complexity index is 828. The predicted molar refractivity (Wildman–Crippen MR) is 86.7 cm³/mol. The first kappa shape index (κ1) is 15.6. The van der Waals surface area contributed by atoms with Crippen LogP contribution in [0.2, 0.25) is 0 Å². The van der Waals surface area contributed by atoms with Crippen molar-refractivity contribution in [3.63, 3.8) is 0 Å². The van der Waals surface area contributed by atoms with Gasteiger partial charge in [-0.3, -0.25) is 4.79 Å². The maximum atomic E-state index is 12.1. The Hall–Kier alpha value is -3.32. The molecule has 24 heavy (non-hydrogen) atoms. The Labute approximate surface area is 139 Å². The summed E-state index contributed by atoms with van der Waals surface area (Å²) in [6.45, 7) is 1.35. The van der Waals surface area contributed by atoms with Crippen molar-refractivity contribution < 1.29 is 4.79 Å². The van der Waals surface area contributed by atoms with Gasteiger partial charge in [0.15, 0.2) is 6.19 Å². The molecule has 7 nitrogen and oxygen atoms in total. The van der Waals surface area contributed by atoms with Crippen molar-refractivity contribution in [3.8, 4) is 23.5 Å².